The van der Waals surface area contributed by atoms with Crippen LogP contribution >= 0.6 is 0 Å². The van der Waals surface area contributed by atoms with E-state index in [1.54, 1.807) is 12.1 Å². The molecule has 0 aromatic heterocycles. The fourth-order valence-electron chi connectivity index (χ4n) is 2.82. The summed E-state index contributed by atoms with van der Waals surface area (Å²) in [5.41, 5.74) is 0.153. The molecule has 0 aliphatic carbocycles. The smallest absolute Gasteiger partial charge is 0.335 e. The average Bonchev–Trinajstić information content (AvgIpc) is 2.44. The zero-order valence-corrected chi connectivity index (χ0v) is 12.4. The number of carboxylic acid groups (broad SMARTS) is 1. The Morgan fingerprint density at radius 2 is 1.95 bits per heavy atom. The number of ether oxygens (including phenoxy) is 1. The highest BCUT2D eigenvalue weighted by molar-refractivity contribution is 5.88. The van der Waals surface area contributed by atoms with Crippen molar-refractivity contribution in [1.29, 1.82) is 0 Å². The van der Waals surface area contributed by atoms with Crippen molar-refractivity contribution < 1.29 is 19.4 Å². The van der Waals surface area contributed by atoms with Gasteiger partial charge in [-0.3, -0.25) is 4.79 Å². The van der Waals surface area contributed by atoms with Crippen LogP contribution in [-0.2, 0) is 4.79 Å². The number of hydrogen-bond acceptors (Lipinski definition) is 3. The predicted molar refractivity (Wildman–Crippen MR) is 78.4 cm³/mol. The second-order valence-electron chi connectivity index (χ2n) is 5.87. The minimum atomic E-state index is -1.01. The van der Waals surface area contributed by atoms with Gasteiger partial charge in [0.1, 0.15) is 5.75 Å². The molecule has 2 atom stereocenters. The number of likely N-dealkylation sites (tertiary alicyclic amines) is 1. The molecule has 21 heavy (non-hydrogen) atoms. The molecule has 5 heteroatoms. The van der Waals surface area contributed by atoms with E-state index in [9.17, 15) is 9.59 Å². The number of carbonyl (C=O) groups is 2. The molecule has 1 saturated heterocycles. The Morgan fingerprint density at radius 3 is 2.57 bits per heavy atom. The Balaban J connectivity index is 1.92. The zero-order chi connectivity index (χ0) is 15.4. The van der Waals surface area contributed by atoms with E-state index < -0.39 is 5.97 Å². The molecule has 1 aromatic carbocycles. The monoisotopic (exact) mass is 291 g/mol. The number of nitrogens with zero attached hydrogens (tertiary/aromatic N) is 1. The molecule has 0 spiro atoms. The number of piperidine rings is 1. The van der Waals surface area contributed by atoms with E-state index in [2.05, 4.69) is 13.8 Å². The summed E-state index contributed by atoms with van der Waals surface area (Å²) < 4.78 is 5.43. The van der Waals surface area contributed by atoms with Crippen LogP contribution in [0.25, 0.3) is 0 Å². The van der Waals surface area contributed by atoms with Crippen molar-refractivity contribution in [2.45, 2.75) is 20.3 Å². The van der Waals surface area contributed by atoms with E-state index in [1.165, 1.54) is 12.1 Å². The maximum Gasteiger partial charge on any atom is 0.335 e. The lowest BCUT2D eigenvalue weighted by molar-refractivity contribution is -0.136. The molecule has 1 fully saturated rings. The van der Waals surface area contributed by atoms with E-state index >= 15 is 0 Å². The lowest BCUT2D eigenvalue weighted by atomic mass is 9.92. The van der Waals surface area contributed by atoms with Crippen LogP contribution in [0.3, 0.4) is 0 Å². The molecule has 2 rings (SSSR count). The van der Waals surface area contributed by atoms with Crippen LogP contribution in [0.2, 0.25) is 0 Å². The summed E-state index contributed by atoms with van der Waals surface area (Å²) in [4.78, 5) is 24.9. The van der Waals surface area contributed by atoms with Crippen molar-refractivity contribution in [2.24, 2.45) is 11.8 Å². The van der Waals surface area contributed by atoms with Gasteiger partial charge in [-0.15, -0.1) is 0 Å². The number of carboxylic acids is 1. The second kappa shape index (κ2) is 6.61. The lowest BCUT2D eigenvalue weighted by Crippen LogP contribution is -2.44. The van der Waals surface area contributed by atoms with E-state index in [4.69, 9.17) is 9.84 Å². The minimum absolute atomic E-state index is 0.0471. The average molecular weight is 291 g/mol. The van der Waals surface area contributed by atoms with Gasteiger partial charge in [0.15, 0.2) is 6.61 Å². The predicted octanol–water partition coefficient (Wildman–Crippen LogP) is 2.27. The number of aromatic carboxylic acids is 1. The van der Waals surface area contributed by atoms with Crippen molar-refractivity contribution in [3.05, 3.63) is 29.8 Å². The van der Waals surface area contributed by atoms with Gasteiger partial charge in [0.05, 0.1) is 5.56 Å². The first-order valence-corrected chi connectivity index (χ1v) is 7.19. The Hall–Kier alpha value is -2.04. The highest BCUT2D eigenvalue weighted by Gasteiger charge is 2.25. The first-order chi connectivity index (χ1) is 9.95. The van der Waals surface area contributed by atoms with Crippen LogP contribution in [0, 0.1) is 11.8 Å². The SMILES string of the molecule is CC1CC(C)CN(C(=O)COc2cccc(C(=O)O)c2)C1. The summed E-state index contributed by atoms with van der Waals surface area (Å²) in [6, 6.07) is 6.18. The molecule has 1 aliphatic heterocycles. The summed E-state index contributed by atoms with van der Waals surface area (Å²) in [5.74, 6) is 0.363. The summed E-state index contributed by atoms with van der Waals surface area (Å²) in [7, 11) is 0. The molecule has 114 valence electrons. The fourth-order valence-corrected chi connectivity index (χ4v) is 2.82. The molecular weight excluding hydrogens is 270 g/mol. The van der Waals surface area contributed by atoms with E-state index in [0.717, 1.165) is 19.5 Å². The highest BCUT2D eigenvalue weighted by Crippen LogP contribution is 2.21. The van der Waals surface area contributed by atoms with Gasteiger partial charge in [-0.25, -0.2) is 4.79 Å². The number of amides is 1. The first-order valence-electron chi connectivity index (χ1n) is 7.19. The van der Waals surface area contributed by atoms with Gasteiger partial charge in [-0.05, 0) is 36.5 Å². The van der Waals surface area contributed by atoms with Gasteiger partial charge in [-0.1, -0.05) is 19.9 Å². The van der Waals surface area contributed by atoms with E-state index in [1.807, 2.05) is 4.90 Å². The molecule has 5 nitrogen and oxygen atoms in total. The molecule has 0 radical (unpaired) electrons. The van der Waals surface area contributed by atoms with Crippen LogP contribution in [0.15, 0.2) is 24.3 Å². The largest absolute Gasteiger partial charge is 0.484 e. The minimum Gasteiger partial charge on any atom is -0.484 e. The van der Waals surface area contributed by atoms with Crippen molar-refractivity contribution >= 4 is 11.9 Å². The molecule has 1 aliphatic rings. The van der Waals surface area contributed by atoms with E-state index in [-0.39, 0.29) is 18.1 Å². The van der Waals surface area contributed by atoms with Gasteiger partial charge in [0.25, 0.3) is 5.91 Å². The molecule has 1 amide bonds. The third kappa shape index (κ3) is 4.21. The van der Waals surface area contributed by atoms with Crippen LogP contribution in [0.5, 0.6) is 5.75 Å². The molecule has 1 heterocycles. The van der Waals surface area contributed by atoms with Gasteiger partial charge in [0.2, 0.25) is 0 Å². The summed E-state index contributed by atoms with van der Waals surface area (Å²) >= 11 is 0. The van der Waals surface area contributed by atoms with Crippen LogP contribution in [-0.4, -0.2) is 41.6 Å². The molecule has 0 bridgehead atoms. The second-order valence-corrected chi connectivity index (χ2v) is 5.87. The van der Waals surface area contributed by atoms with Crippen LogP contribution < -0.4 is 4.74 Å². The third-order valence-electron chi connectivity index (χ3n) is 3.66. The van der Waals surface area contributed by atoms with Gasteiger partial charge in [0, 0.05) is 13.1 Å². The van der Waals surface area contributed by atoms with Crippen molar-refractivity contribution in [3.8, 4) is 5.75 Å². The van der Waals surface area contributed by atoms with E-state index in [0.29, 0.717) is 17.6 Å². The molecule has 2 unspecified atom stereocenters. The summed E-state index contributed by atoms with van der Waals surface area (Å²) in [6.07, 6.45) is 1.14. The van der Waals surface area contributed by atoms with Crippen molar-refractivity contribution in [2.75, 3.05) is 19.7 Å². The molecule has 1 N–H and O–H groups in total. The maximum absolute atomic E-state index is 12.2. The first kappa shape index (κ1) is 15.4. The van der Waals surface area contributed by atoms with Crippen molar-refractivity contribution in [1.82, 2.24) is 4.90 Å². The molecule has 0 saturated carbocycles. The van der Waals surface area contributed by atoms with Gasteiger partial charge in [-0.2, -0.15) is 0 Å². The quantitative estimate of drug-likeness (QED) is 0.924. The van der Waals surface area contributed by atoms with Crippen LogP contribution in [0.4, 0.5) is 0 Å². The van der Waals surface area contributed by atoms with Crippen LogP contribution in [0.1, 0.15) is 30.6 Å². The zero-order valence-electron chi connectivity index (χ0n) is 12.4. The van der Waals surface area contributed by atoms with Gasteiger partial charge < -0.3 is 14.7 Å². The number of rotatable bonds is 4. The number of benzene rings is 1. The third-order valence-corrected chi connectivity index (χ3v) is 3.66. The summed E-state index contributed by atoms with van der Waals surface area (Å²) in [5, 5.41) is 8.92. The van der Waals surface area contributed by atoms with Crippen molar-refractivity contribution in [3.63, 3.8) is 0 Å². The Kier molecular flexibility index (Phi) is 4.83. The Bertz CT molecular complexity index is 519. The standard InChI is InChI=1S/C16H21NO4/c1-11-6-12(2)9-17(8-11)15(18)10-21-14-5-3-4-13(7-14)16(19)20/h3-5,7,11-12H,6,8-10H2,1-2H3,(H,19,20). The Morgan fingerprint density at radius 1 is 1.29 bits per heavy atom. The fraction of sp³-hybridized carbons (Fsp3) is 0.500. The highest BCUT2D eigenvalue weighted by atomic mass is 16.5. The normalized spacial score (nSPS) is 21.9. The topological polar surface area (TPSA) is 66.8 Å². The molecular formula is C16H21NO4. The maximum atomic E-state index is 12.2. The Labute approximate surface area is 124 Å². The molecule has 1 aromatic rings. The number of carbonyl (C=O) groups excluding carboxylic acids is 1. The lowest BCUT2D eigenvalue weighted by Gasteiger charge is -2.34. The summed E-state index contributed by atoms with van der Waals surface area (Å²) in [6.45, 7) is 5.77. The number of hydrogen-bond donors (Lipinski definition) is 1. The van der Waals surface area contributed by atoms with Gasteiger partial charge >= 0.3 is 5.97 Å².